The fraction of sp³-hybridized carbons (Fsp3) is 0.0625. The van der Waals surface area contributed by atoms with Crippen molar-refractivity contribution in [2.45, 2.75) is 6.92 Å². The van der Waals surface area contributed by atoms with Gasteiger partial charge in [-0.05, 0) is 19.1 Å². The first-order valence-corrected chi connectivity index (χ1v) is 6.33. The topological polar surface area (TPSA) is 48.1 Å². The van der Waals surface area contributed by atoms with Crippen LogP contribution in [0.5, 0.6) is 11.5 Å². The number of pyridine rings is 1. The number of aromatic nitrogens is 1. The van der Waals surface area contributed by atoms with Gasteiger partial charge < -0.3 is 10.5 Å². The molecule has 106 valence electrons. The van der Waals surface area contributed by atoms with E-state index in [0.29, 0.717) is 5.75 Å². The lowest BCUT2D eigenvalue weighted by Gasteiger charge is -2.11. The van der Waals surface area contributed by atoms with Gasteiger partial charge >= 0.3 is 0 Å². The van der Waals surface area contributed by atoms with E-state index in [2.05, 4.69) is 4.98 Å². The molecule has 0 aliphatic carbocycles. The van der Waals surface area contributed by atoms with E-state index in [1.807, 2.05) is 24.3 Å². The first-order valence-electron chi connectivity index (χ1n) is 6.33. The van der Waals surface area contributed by atoms with Gasteiger partial charge in [-0.1, -0.05) is 12.1 Å². The van der Waals surface area contributed by atoms with Crippen LogP contribution in [0.2, 0.25) is 0 Å². The maximum atomic E-state index is 13.8. The molecule has 0 saturated heterocycles. The van der Waals surface area contributed by atoms with Crippen molar-refractivity contribution in [1.29, 1.82) is 0 Å². The third kappa shape index (κ3) is 2.50. The number of anilines is 1. The Morgan fingerprint density at radius 3 is 2.57 bits per heavy atom. The summed E-state index contributed by atoms with van der Waals surface area (Å²) in [6.45, 7) is 1.80. The summed E-state index contributed by atoms with van der Waals surface area (Å²) < 4.78 is 32.8. The molecule has 0 radical (unpaired) electrons. The van der Waals surface area contributed by atoms with Crippen molar-refractivity contribution in [3.63, 3.8) is 0 Å². The van der Waals surface area contributed by atoms with Crippen LogP contribution in [0.15, 0.2) is 42.5 Å². The molecule has 0 atom stereocenters. The van der Waals surface area contributed by atoms with Gasteiger partial charge in [0.1, 0.15) is 11.6 Å². The monoisotopic (exact) mass is 286 g/mol. The number of nitrogens with zero attached hydrogens (tertiary/aromatic N) is 1. The molecule has 5 heteroatoms. The Balaban J connectivity index is 2.12. The molecular weight excluding hydrogens is 274 g/mol. The van der Waals surface area contributed by atoms with Crippen LogP contribution in [0.3, 0.4) is 0 Å². The number of halogens is 2. The largest absolute Gasteiger partial charge is 0.453 e. The van der Waals surface area contributed by atoms with Gasteiger partial charge in [-0.15, -0.1) is 0 Å². The number of para-hydroxylation sites is 1. The van der Waals surface area contributed by atoms with E-state index in [4.69, 9.17) is 10.5 Å². The molecule has 0 fully saturated rings. The van der Waals surface area contributed by atoms with Crippen LogP contribution in [0.4, 0.5) is 14.5 Å². The Morgan fingerprint density at radius 1 is 1.00 bits per heavy atom. The third-order valence-electron chi connectivity index (χ3n) is 3.08. The number of benzene rings is 2. The smallest absolute Gasteiger partial charge is 0.167 e. The number of hydrogen-bond donors (Lipinski definition) is 1. The summed E-state index contributed by atoms with van der Waals surface area (Å²) in [7, 11) is 0. The van der Waals surface area contributed by atoms with E-state index < -0.39 is 11.6 Å². The Labute approximate surface area is 120 Å². The molecule has 0 spiro atoms. The summed E-state index contributed by atoms with van der Waals surface area (Å²) in [5, 5.41) is 0.722. The molecular formula is C16H12F2N2O. The minimum Gasteiger partial charge on any atom is -0.453 e. The third-order valence-corrected chi connectivity index (χ3v) is 3.08. The van der Waals surface area contributed by atoms with Crippen LogP contribution in [0, 0.1) is 18.6 Å². The summed E-state index contributed by atoms with van der Waals surface area (Å²) >= 11 is 0. The van der Waals surface area contributed by atoms with Crippen molar-refractivity contribution in [2.24, 2.45) is 0 Å². The van der Waals surface area contributed by atoms with E-state index in [0.717, 1.165) is 28.7 Å². The average Bonchev–Trinajstić information content (AvgIpc) is 2.44. The number of ether oxygens (including phenoxy) is 1. The zero-order valence-corrected chi connectivity index (χ0v) is 11.2. The second kappa shape index (κ2) is 5.01. The maximum Gasteiger partial charge on any atom is 0.167 e. The number of fused-ring (bicyclic) bond motifs is 1. The van der Waals surface area contributed by atoms with Crippen molar-refractivity contribution in [3.8, 4) is 11.5 Å². The molecule has 3 rings (SSSR count). The van der Waals surface area contributed by atoms with Gasteiger partial charge in [-0.3, -0.25) is 4.98 Å². The van der Waals surface area contributed by atoms with E-state index in [1.165, 1.54) is 0 Å². The predicted octanol–water partition coefficient (Wildman–Crippen LogP) is 4.20. The second-order valence-electron chi connectivity index (χ2n) is 4.69. The Bertz CT molecular complexity index is 834. The molecule has 0 saturated carbocycles. The Kier molecular flexibility index (Phi) is 3.17. The first kappa shape index (κ1) is 13.3. The molecule has 0 amide bonds. The summed E-state index contributed by atoms with van der Waals surface area (Å²) in [5.74, 6) is -1.23. The molecule has 0 unspecified atom stereocenters. The van der Waals surface area contributed by atoms with Crippen LogP contribution < -0.4 is 10.5 Å². The SMILES string of the molecule is Cc1cc(Oc2cc(F)c(N)cc2F)c2ccccc2n1. The van der Waals surface area contributed by atoms with E-state index in [-0.39, 0.29) is 11.4 Å². The molecule has 1 heterocycles. The highest BCUT2D eigenvalue weighted by atomic mass is 19.1. The number of hydrogen-bond acceptors (Lipinski definition) is 3. The van der Waals surface area contributed by atoms with Gasteiger partial charge in [0.2, 0.25) is 0 Å². The van der Waals surface area contributed by atoms with Crippen molar-refractivity contribution in [2.75, 3.05) is 5.73 Å². The summed E-state index contributed by atoms with van der Waals surface area (Å²) in [5.41, 5.74) is 6.51. The second-order valence-corrected chi connectivity index (χ2v) is 4.69. The molecule has 0 bridgehead atoms. The summed E-state index contributed by atoms with van der Waals surface area (Å²) in [6, 6.07) is 10.8. The molecule has 0 aliphatic heterocycles. The zero-order valence-electron chi connectivity index (χ0n) is 11.2. The molecule has 3 aromatic rings. The molecule has 21 heavy (non-hydrogen) atoms. The summed E-state index contributed by atoms with van der Waals surface area (Å²) in [4.78, 5) is 4.36. The van der Waals surface area contributed by atoms with E-state index in [9.17, 15) is 8.78 Å². The lowest BCUT2D eigenvalue weighted by atomic mass is 10.2. The standard InChI is InChI=1S/C16H12F2N2O/c1-9-6-15(10-4-2-3-5-14(10)20-9)21-16-8-11(17)13(19)7-12(16)18/h2-8H,19H2,1H3. The molecule has 2 aromatic carbocycles. The average molecular weight is 286 g/mol. The predicted molar refractivity (Wildman–Crippen MR) is 77.3 cm³/mol. The van der Waals surface area contributed by atoms with Crippen LogP contribution in [0.1, 0.15) is 5.69 Å². The Hall–Kier alpha value is -2.69. The van der Waals surface area contributed by atoms with Gasteiger partial charge in [0, 0.05) is 29.3 Å². The van der Waals surface area contributed by atoms with Crippen molar-refractivity contribution < 1.29 is 13.5 Å². The summed E-state index contributed by atoms with van der Waals surface area (Å²) in [6.07, 6.45) is 0. The number of rotatable bonds is 2. The Morgan fingerprint density at radius 2 is 1.76 bits per heavy atom. The van der Waals surface area contributed by atoms with Gasteiger partial charge in [0.25, 0.3) is 0 Å². The minimum absolute atomic E-state index is 0.211. The fourth-order valence-electron chi connectivity index (χ4n) is 2.09. The van der Waals surface area contributed by atoms with Gasteiger partial charge in [-0.25, -0.2) is 8.78 Å². The number of nitrogens with two attached hydrogens (primary N) is 1. The van der Waals surface area contributed by atoms with Gasteiger partial charge in [0.05, 0.1) is 11.2 Å². The van der Waals surface area contributed by atoms with Crippen LogP contribution in [-0.4, -0.2) is 4.98 Å². The van der Waals surface area contributed by atoms with E-state index >= 15 is 0 Å². The van der Waals surface area contributed by atoms with Crippen LogP contribution in [-0.2, 0) is 0 Å². The van der Waals surface area contributed by atoms with Crippen molar-refractivity contribution >= 4 is 16.6 Å². The van der Waals surface area contributed by atoms with Gasteiger partial charge in [0.15, 0.2) is 11.6 Å². The molecule has 0 aliphatic rings. The molecule has 1 aromatic heterocycles. The highest BCUT2D eigenvalue weighted by Gasteiger charge is 2.12. The highest BCUT2D eigenvalue weighted by Crippen LogP contribution is 2.32. The molecule has 2 N–H and O–H groups in total. The maximum absolute atomic E-state index is 13.8. The minimum atomic E-state index is -0.721. The van der Waals surface area contributed by atoms with Gasteiger partial charge in [-0.2, -0.15) is 0 Å². The molecule has 3 nitrogen and oxygen atoms in total. The first-order chi connectivity index (χ1) is 10.0. The lowest BCUT2D eigenvalue weighted by Crippen LogP contribution is -1.96. The van der Waals surface area contributed by atoms with Crippen LogP contribution in [0.25, 0.3) is 10.9 Å². The fourth-order valence-corrected chi connectivity index (χ4v) is 2.09. The van der Waals surface area contributed by atoms with Crippen molar-refractivity contribution in [1.82, 2.24) is 4.98 Å². The van der Waals surface area contributed by atoms with E-state index in [1.54, 1.807) is 13.0 Å². The quantitative estimate of drug-likeness (QED) is 0.718. The normalized spacial score (nSPS) is 10.8. The zero-order chi connectivity index (χ0) is 15.0. The lowest BCUT2D eigenvalue weighted by molar-refractivity contribution is 0.440. The van der Waals surface area contributed by atoms with Crippen molar-refractivity contribution in [3.05, 3.63) is 59.8 Å². The number of aryl methyl sites for hydroxylation is 1. The van der Waals surface area contributed by atoms with Crippen LogP contribution >= 0.6 is 0 Å². The highest BCUT2D eigenvalue weighted by molar-refractivity contribution is 5.85. The number of nitrogen functional groups attached to an aromatic ring is 1.